The van der Waals surface area contributed by atoms with Crippen LogP contribution in [0.2, 0.25) is 0 Å². The van der Waals surface area contributed by atoms with Crippen molar-refractivity contribution >= 4 is 30.7 Å². The molecule has 0 unspecified atom stereocenters. The predicted molar refractivity (Wildman–Crippen MR) is 104 cm³/mol. The molecule has 25 heavy (non-hydrogen) atoms. The Morgan fingerprint density at radius 2 is 1.88 bits per heavy atom. The molecule has 1 aliphatic rings. The van der Waals surface area contributed by atoms with E-state index in [1.54, 1.807) is 0 Å². The highest BCUT2D eigenvalue weighted by Crippen LogP contribution is 2.26. The first-order valence-corrected chi connectivity index (χ1v) is 8.13. The number of carbonyl (C=O) groups is 1. The molecule has 2 aromatic rings. The minimum absolute atomic E-state index is 0. The highest BCUT2D eigenvalue weighted by atomic mass is 35.5. The summed E-state index contributed by atoms with van der Waals surface area (Å²) in [5.74, 6) is 1.18. The summed E-state index contributed by atoms with van der Waals surface area (Å²) in [7, 11) is 1.97. The average molecular weight is 386 g/mol. The van der Waals surface area contributed by atoms with Crippen molar-refractivity contribution in [3.63, 3.8) is 0 Å². The first-order valence-electron chi connectivity index (χ1n) is 8.13. The van der Waals surface area contributed by atoms with Crippen LogP contribution in [0.15, 0.2) is 35.1 Å². The zero-order valence-corrected chi connectivity index (χ0v) is 16.2. The van der Waals surface area contributed by atoms with Crippen LogP contribution in [0.1, 0.15) is 28.9 Å². The van der Waals surface area contributed by atoms with E-state index in [0.29, 0.717) is 17.4 Å². The number of aromatic nitrogens is 1. The first kappa shape index (κ1) is 21.5. The maximum absolute atomic E-state index is 12.8. The fraction of sp³-hybridized carbons (Fsp3) is 0.444. The lowest BCUT2D eigenvalue weighted by atomic mass is 9.96. The number of carbonyl (C=O) groups excluding carboxylic acids is 1. The number of halogens is 2. The molecule has 7 heteroatoms. The molecule has 5 nitrogen and oxygen atoms in total. The second-order valence-corrected chi connectivity index (χ2v) is 6.19. The SMILES string of the molecule is CNCC1CCN(C(=O)c2ncoc2-c2ccc(C)cc2)CC1.Cl.Cl. The molecule has 1 aromatic carbocycles. The fourth-order valence-electron chi connectivity index (χ4n) is 3.09. The van der Waals surface area contributed by atoms with Crippen LogP contribution in [0.5, 0.6) is 0 Å². The van der Waals surface area contributed by atoms with Gasteiger partial charge in [-0.1, -0.05) is 29.8 Å². The quantitative estimate of drug-likeness (QED) is 0.873. The van der Waals surface area contributed by atoms with Crippen molar-refractivity contribution in [2.24, 2.45) is 5.92 Å². The molecule has 0 bridgehead atoms. The molecule has 0 radical (unpaired) electrons. The summed E-state index contributed by atoms with van der Waals surface area (Å²) in [4.78, 5) is 18.8. The molecular weight excluding hydrogens is 361 g/mol. The van der Waals surface area contributed by atoms with Crippen molar-refractivity contribution in [2.45, 2.75) is 19.8 Å². The number of likely N-dealkylation sites (tertiary alicyclic amines) is 1. The second kappa shape index (κ2) is 9.80. The maximum atomic E-state index is 12.8. The standard InChI is InChI=1S/C18H23N3O2.2ClH/c1-13-3-5-15(6-4-13)17-16(20-12-23-17)18(22)21-9-7-14(8-10-21)11-19-2;;/h3-6,12,14,19H,7-11H2,1-2H3;2*1H. The van der Waals surface area contributed by atoms with E-state index in [4.69, 9.17) is 4.42 Å². The van der Waals surface area contributed by atoms with Gasteiger partial charge >= 0.3 is 0 Å². The van der Waals surface area contributed by atoms with E-state index in [-0.39, 0.29) is 30.7 Å². The molecular formula is C18H25Cl2N3O2. The molecule has 3 rings (SSSR count). The van der Waals surface area contributed by atoms with Gasteiger partial charge in [-0.3, -0.25) is 4.79 Å². The van der Waals surface area contributed by atoms with E-state index in [1.807, 2.05) is 43.1 Å². The van der Waals surface area contributed by atoms with E-state index in [1.165, 1.54) is 12.0 Å². The average Bonchev–Trinajstić information content (AvgIpc) is 3.05. The molecule has 2 heterocycles. The Hall–Kier alpha value is -1.56. The van der Waals surface area contributed by atoms with Gasteiger partial charge in [-0.2, -0.15) is 0 Å². The third-order valence-electron chi connectivity index (χ3n) is 4.48. The molecule has 0 aliphatic carbocycles. The zero-order chi connectivity index (χ0) is 16.2. The smallest absolute Gasteiger partial charge is 0.276 e. The van der Waals surface area contributed by atoms with Crippen LogP contribution >= 0.6 is 24.8 Å². The molecule has 138 valence electrons. The van der Waals surface area contributed by atoms with E-state index in [9.17, 15) is 4.79 Å². The molecule has 0 atom stereocenters. The summed E-state index contributed by atoms with van der Waals surface area (Å²) in [6.45, 7) is 4.61. The number of benzene rings is 1. The Kier molecular flexibility index (Phi) is 8.42. The molecule has 1 fully saturated rings. The van der Waals surface area contributed by atoms with Gasteiger partial charge in [0.2, 0.25) is 0 Å². The molecule has 1 saturated heterocycles. The van der Waals surface area contributed by atoms with Crippen LogP contribution in [-0.4, -0.2) is 42.5 Å². The van der Waals surface area contributed by atoms with Crippen molar-refractivity contribution < 1.29 is 9.21 Å². The van der Waals surface area contributed by atoms with Gasteiger partial charge in [0, 0.05) is 18.7 Å². The number of hydrogen-bond acceptors (Lipinski definition) is 4. The molecule has 1 aliphatic heterocycles. The predicted octanol–water partition coefficient (Wildman–Crippen LogP) is 3.57. The Morgan fingerprint density at radius 1 is 1.24 bits per heavy atom. The van der Waals surface area contributed by atoms with Gasteiger partial charge in [0.15, 0.2) is 17.8 Å². The molecule has 0 saturated carbocycles. The number of hydrogen-bond donors (Lipinski definition) is 1. The lowest BCUT2D eigenvalue weighted by Gasteiger charge is -2.31. The summed E-state index contributed by atoms with van der Waals surface area (Å²) >= 11 is 0. The van der Waals surface area contributed by atoms with Crippen molar-refractivity contribution in [3.8, 4) is 11.3 Å². The highest BCUT2D eigenvalue weighted by molar-refractivity contribution is 5.97. The minimum Gasteiger partial charge on any atom is -0.443 e. The molecule has 1 N–H and O–H groups in total. The normalized spacial score (nSPS) is 14.6. The third kappa shape index (κ3) is 4.97. The number of rotatable bonds is 4. The number of oxazole rings is 1. The first-order chi connectivity index (χ1) is 11.2. The van der Waals surface area contributed by atoms with Crippen molar-refractivity contribution in [3.05, 3.63) is 41.9 Å². The van der Waals surface area contributed by atoms with E-state index < -0.39 is 0 Å². The molecule has 1 aromatic heterocycles. The topological polar surface area (TPSA) is 58.4 Å². The minimum atomic E-state index is -0.0303. The summed E-state index contributed by atoms with van der Waals surface area (Å²) in [6.07, 6.45) is 3.42. The number of aryl methyl sites for hydroxylation is 1. The second-order valence-electron chi connectivity index (χ2n) is 6.19. The molecule has 0 spiro atoms. The number of piperidine rings is 1. The van der Waals surface area contributed by atoms with Crippen LogP contribution < -0.4 is 5.32 Å². The van der Waals surface area contributed by atoms with Gasteiger partial charge in [0.1, 0.15) is 0 Å². The van der Waals surface area contributed by atoms with Crippen molar-refractivity contribution in [1.82, 2.24) is 15.2 Å². The van der Waals surface area contributed by atoms with Gasteiger partial charge in [-0.25, -0.2) is 4.98 Å². The molecule has 1 amide bonds. The largest absolute Gasteiger partial charge is 0.443 e. The van der Waals surface area contributed by atoms with E-state index in [0.717, 1.165) is 38.0 Å². The van der Waals surface area contributed by atoms with E-state index in [2.05, 4.69) is 10.3 Å². The van der Waals surface area contributed by atoms with Crippen LogP contribution in [0.25, 0.3) is 11.3 Å². The Bertz CT molecular complexity index is 665. The number of amides is 1. The van der Waals surface area contributed by atoms with Crippen LogP contribution in [0.4, 0.5) is 0 Å². The van der Waals surface area contributed by atoms with Gasteiger partial charge < -0.3 is 14.6 Å². The monoisotopic (exact) mass is 385 g/mol. The number of nitrogens with zero attached hydrogens (tertiary/aromatic N) is 2. The maximum Gasteiger partial charge on any atom is 0.276 e. The summed E-state index contributed by atoms with van der Waals surface area (Å²) in [5.41, 5.74) is 2.48. The summed E-state index contributed by atoms with van der Waals surface area (Å²) < 4.78 is 5.49. The van der Waals surface area contributed by atoms with E-state index >= 15 is 0 Å². The van der Waals surface area contributed by atoms with Crippen LogP contribution in [-0.2, 0) is 0 Å². The highest BCUT2D eigenvalue weighted by Gasteiger charge is 2.27. The summed E-state index contributed by atoms with van der Waals surface area (Å²) in [5, 5.41) is 3.21. The van der Waals surface area contributed by atoms with Crippen LogP contribution in [0.3, 0.4) is 0 Å². The number of nitrogens with one attached hydrogen (secondary N) is 1. The van der Waals surface area contributed by atoms with Gasteiger partial charge in [-0.15, -0.1) is 24.8 Å². The van der Waals surface area contributed by atoms with Crippen molar-refractivity contribution in [1.29, 1.82) is 0 Å². The fourth-order valence-corrected chi connectivity index (χ4v) is 3.09. The third-order valence-corrected chi connectivity index (χ3v) is 4.48. The lowest BCUT2D eigenvalue weighted by Crippen LogP contribution is -2.40. The summed E-state index contributed by atoms with van der Waals surface area (Å²) in [6, 6.07) is 7.95. The van der Waals surface area contributed by atoms with Crippen molar-refractivity contribution in [2.75, 3.05) is 26.7 Å². The van der Waals surface area contributed by atoms with Gasteiger partial charge in [0.05, 0.1) is 0 Å². The Labute approximate surface area is 161 Å². The lowest BCUT2D eigenvalue weighted by molar-refractivity contribution is 0.0686. The Balaban J connectivity index is 0.00000156. The van der Waals surface area contributed by atoms with Gasteiger partial charge in [-0.05, 0) is 39.3 Å². The zero-order valence-electron chi connectivity index (χ0n) is 14.5. The van der Waals surface area contributed by atoms with Crippen LogP contribution in [0, 0.1) is 12.8 Å². The Morgan fingerprint density at radius 3 is 2.48 bits per heavy atom. The van der Waals surface area contributed by atoms with Gasteiger partial charge in [0.25, 0.3) is 5.91 Å².